The minimum absolute atomic E-state index is 0.0784. The van der Waals surface area contributed by atoms with Gasteiger partial charge in [0.1, 0.15) is 5.75 Å². The van der Waals surface area contributed by atoms with E-state index in [0.717, 1.165) is 11.4 Å². The summed E-state index contributed by atoms with van der Waals surface area (Å²) in [6.07, 6.45) is 0.170. The zero-order valence-corrected chi connectivity index (χ0v) is 15.9. The van der Waals surface area contributed by atoms with Gasteiger partial charge in [-0.3, -0.25) is 14.4 Å². The third kappa shape index (κ3) is 4.68. The summed E-state index contributed by atoms with van der Waals surface area (Å²) in [6, 6.07) is 14.1. The van der Waals surface area contributed by atoms with Gasteiger partial charge in [-0.25, -0.2) is 0 Å². The van der Waals surface area contributed by atoms with Crippen LogP contribution in [-0.2, 0) is 14.4 Å². The van der Waals surface area contributed by atoms with Gasteiger partial charge in [-0.05, 0) is 55.5 Å². The van der Waals surface area contributed by atoms with Crippen molar-refractivity contribution in [1.29, 1.82) is 0 Å². The molecule has 28 heavy (non-hydrogen) atoms. The Kier molecular flexibility index (Phi) is 5.93. The average molecular weight is 381 g/mol. The van der Waals surface area contributed by atoms with E-state index < -0.39 is 5.92 Å². The molecule has 1 heterocycles. The molecule has 1 fully saturated rings. The van der Waals surface area contributed by atoms with Crippen LogP contribution in [0.4, 0.5) is 17.1 Å². The Morgan fingerprint density at radius 2 is 1.64 bits per heavy atom. The van der Waals surface area contributed by atoms with Crippen LogP contribution in [-0.4, -0.2) is 30.9 Å². The fraction of sp³-hybridized carbons (Fsp3) is 0.286. The Hall–Kier alpha value is -3.35. The third-order valence-electron chi connectivity index (χ3n) is 4.43. The number of nitrogens with zero attached hydrogens (tertiary/aromatic N) is 1. The van der Waals surface area contributed by atoms with Crippen LogP contribution >= 0.6 is 0 Å². The lowest BCUT2D eigenvalue weighted by molar-refractivity contribution is -0.122. The highest BCUT2D eigenvalue weighted by atomic mass is 16.5. The lowest BCUT2D eigenvalue weighted by Crippen LogP contribution is -2.28. The van der Waals surface area contributed by atoms with Crippen molar-refractivity contribution in [1.82, 2.24) is 0 Å². The van der Waals surface area contributed by atoms with E-state index in [0.29, 0.717) is 24.5 Å². The number of ether oxygens (including phenoxy) is 1. The normalized spacial score (nSPS) is 16.0. The minimum Gasteiger partial charge on any atom is -0.494 e. The summed E-state index contributed by atoms with van der Waals surface area (Å²) in [7, 11) is 0. The van der Waals surface area contributed by atoms with Crippen LogP contribution in [0.1, 0.15) is 20.3 Å². The minimum atomic E-state index is -0.422. The van der Waals surface area contributed by atoms with Crippen LogP contribution in [0, 0.1) is 5.92 Å². The van der Waals surface area contributed by atoms with Crippen molar-refractivity contribution < 1.29 is 19.1 Å². The van der Waals surface area contributed by atoms with Crippen molar-refractivity contribution in [2.24, 2.45) is 5.92 Å². The number of rotatable bonds is 6. The summed E-state index contributed by atoms with van der Waals surface area (Å²) in [4.78, 5) is 37.6. The number of carbonyl (C=O) groups is 3. The standard InChI is InChI=1S/C21H23N3O4/c1-3-28-19-10-8-18(9-11-19)24-13-15(12-20(24)26)21(27)23-17-6-4-16(5-7-17)22-14(2)25/h4-11,15H,3,12-13H2,1-2H3,(H,22,25)(H,23,27)/t15-/m1/s1. The van der Waals surface area contributed by atoms with Crippen molar-refractivity contribution in [3.8, 4) is 5.75 Å². The maximum Gasteiger partial charge on any atom is 0.229 e. The highest BCUT2D eigenvalue weighted by Crippen LogP contribution is 2.27. The van der Waals surface area contributed by atoms with E-state index in [-0.39, 0.29) is 24.1 Å². The first-order chi connectivity index (χ1) is 13.5. The van der Waals surface area contributed by atoms with Crippen molar-refractivity contribution in [3.05, 3.63) is 48.5 Å². The second-order valence-electron chi connectivity index (χ2n) is 6.58. The molecule has 0 aromatic heterocycles. The number of nitrogens with one attached hydrogen (secondary N) is 2. The summed E-state index contributed by atoms with van der Waals surface area (Å²) in [5.74, 6) is -0.112. The van der Waals surface area contributed by atoms with Gasteiger partial charge in [-0.1, -0.05) is 0 Å². The fourth-order valence-corrected chi connectivity index (χ4v) is 3.11. The number of benzene rings is 2. The summed E-state index contributed by atoms with van der Waals surface area (Å²) in [5.41, 5.74) is 2.03. The van der Waals surface area contributed by atoms with Gasteiger partial charge in [0.05, 0.1) is 12.5 Å². The van der Waals surface area contributed by atoms with Crippen LogP contribution in [0.5, 0.6) is 5.75 Å². The summed E-state index contributed by atoms with van der Waals surface area (Å²) in [6.45, 7) is 4.26. The van der Waals surface area contributed by atoms with Crippen LogP contribution in [0.25, 0.3) is 0 Å². The zero-order valence-electron chi connectivity index (χ0n) is 15.9. The van der Waals surface area contributed by atoms with E-state index in [9.17, 15) is 14.4 Å². The molecule has 0 unspecified atom stereocenters. The smallest absolute Gasteiger partial charge is 0.229 e. The zero-order chi connectivity index (χ0) is 20.1. The molecule has 1 aliphatic heterocycles. The second kappa shape index (κ2) is 8.56. The number of hydrogen-bond acceptors (Lipinski definition) is 4. The maximum absolute atomic E-state index is 12.6. The highest BCUT2D eigenvalue weighted by molar-refractivity contribution is 6.03. The molecule has 0 aliphatic carbocycles. The quantitative estimate of drug-likeness (QED) is 0.805. The maximum atomic E-state index is 12.6. The van der Waals surface area contributed by atoms with Gasteiger partial charge >= 0.3 is 0 Å². The highest BCUT2D eigenvalue weighted by Gasteiger charge is 2.35. The topological polar surface area (TPSA) is 87.7 Å². The first kappa shape index (κ1) is 19.4. The monoisotopic (exact) mass is 381 g/mol. The number of hydrogen-bond donors (Lipinski definition) is 2. The number of carbonyl (C=O) groups excluding carboxylic acids is 3. The summed E-state index contributed by atoms with van der Waals surface area (Å²) in [5, 5.41) is 5.50. The average Bonchev–Trinajstić information content (AvgIpc) is 3.06. The van der Waals surface area contributed by atoms with E-state index in [1.165, 1.54) is 6.92 Å². The molecule has 0 saturated carbocycles. The molecule has 3 amide bonds. The lowest BCUT2D eigenvalue weighted by atomic mass is 10.1. The second-order valence-corrected chi connectivity index (χ2v) is 6.58. The number of amides is 3. The van der Waals surface area contributed by atoms with E-state index in [1.54, 1.807) is 29.2 Å². The third-order valence-corrected chi connectivity index (χ3v) is 4.43. The van der Waals surface area contributed by atoms with Gasteiger partial charge in [0.2, 0.25) is 17.7 Å². The molecule has 0 radical (unpaired) electrons. The molecule has 146 valence electrons. The van der Waals surface area contributed by atoms with Crippen molar-refractivity contribution in [3.63, 3.8) is 0 Å². The van der Waals surface area contributed by atoms with Gasteiger partial charge in [0.15, 0.2) is 0 Å². The number of anilines is 3. The van der Waals surface area contributed by atoms with Crippen LogP contribution in [0.2, 0.25) is 0 Å². The van der Waals surface area contributed by atoms with Gasteiger partial charge in [-0.2, -0.15) is 0 Å². The molecule has 0 bridgehead atoms. The van der Waals surface area contributed by atoms with Gasteiger partial charge in [0, 0.05) is 37.0 Å². The lowest BCUT2D eigenvalue weighted by Gasteiger charge is -2.17. The molecule has 0 spiro atoms. The van der Waals surface area contributed by atoms with Gasteiger partial charge < -0.3 is 20.3 Å². The van der Waals surface area contributed by atoms with Gasteiger partial charge in [0.25, 0.3) is 0 Å². The van der Waals surface area contributed by atoms with Crippen molar-refractivity contribution >= 4 is 34.8 Å². The molecule has 1 aliphatic rings. The Balaban J connectivity index is 1.61. The Labute approximate surface area is 163 Å². The first-order valence-electron chi connectivity index (χ1n) is 9.18. The molecule has 2 aromatic rings. The van der Waals surface area contributed by atoms with Crippen LogP contribution < -0.4 is 20.3 Å². The van der Waals surface area contributed by atoms with Crippen LogP contribution in [0.3, 0.4) is 0 Å². The van der Waals surface area contributed by atoms with Gasteiger partial charge in [-0.15, -0.1) is 0 Å². The van der Waals surface area contributed by atoms with Crippen molar-refractivity contribution in [2.45, 2.75) is 20.3 Å². The molecule has 7 heteroatoms. The Morgan fingerprint density at radius 1 is 1.04 bits per heavy atom. The van der Waals surface area contributed by atoms with E-state index >= 15 is 0 Å². The molecular weight excluding hydrogens is 358 g/mol. The molecule has 1 atom stereocenters. The molecule has 7 nitrogen and oxygen atoms in total. The largest absolute Gasteiger partial charge is 0.494 e. The molecule has 2 aromatic carbocycles. The summed E-state index contributed by atoms with van der Waals surface area (Å²) < 4.78 is 5.41. The summed E-state index contributed by atoms with van der Waals surface area (Å²) >= 11 is 0. The fourth-order valence-electron chi connectivity index (χ4n) is 3.11. The Morgan fingerprint density at radius 3 is 2.21 bits per heavy atom. The van der Waals surface area contributed by atoms with E-state index in [2.05, 4.69) is 10.6 Å². The van der Waals surface area contributed by atoms with Crippen molar-refractivity contribution in [2.75, 3.05) is 28.7 Å². The predicted octanol–water partition coefficient (Wildman–Crippen LogP) is 3.04. The van der Waals surface area contributed by atoms with Crippen LogP contribution in [0.15, 0.2) is 48.5 Å². The molecule has 3 rings (SSSR count). The molecular formula is C21H23N3O4. The predicted molar refractivity (Wildman–Crippen MR) is 107 cm³/mol. The first-order valence-corrected chi connectivity index (χ1v) is 9.18. The van der Waals surface area contributed by atoms with E-state index in [4.69, 9.17) is 4.74 Å². The van der Waals surface area contributed by atoms with E-state index in [1.807, 2.05) is 31.2 Å². The molecule has 1 saturated heterocycles. The Bertz CT molecular complexity index is 862. The molecule has 2 N–H and O–H groups in total. The SMILES string of the molecule is CCOc1ccc(N2C[C@H](C(=O)Nc3ccc(NC(C)=O)cc3)CC2=O)cc1.